The van der Waals surface area contributed by atoms with E-state index in [9.17, 15) is 18.8 Å². The second kappa shape index (κ2) is 10.4. The molecule has 1 fully saturated rings. The molecule has 2 aromatic rings. The van der Waals surface area contributed by atoms with Crippen LogP contribution in [0.15, 0.2) is 36.8 Å². The first-order valence-electron chi connectivity index (χ1n) is 9.60. The maximum Gasteiger partial charge on any atom is 0.303 e. The van der Waals surface area contributed by atoms with Gasteiger partial charge in [-0.25, -0.2) is 9.37 Å². The van der Waals surface area contributed by atoms with E-state index >= 15 is 0 Å². The molecule has 1 unspecified atom stereocenters. The number of rotatable bonds is 6. The van der Waals surface area contributed by atoms with Crippen LogP contribution in [0.3, 0.4) is 0 Å². The Bertz CT molecular complexity index is 991. The number of aromatic nitrogens is 2. The summed E-state index contributed by atoms with van der Waals surface area (Å²) in [5.41, 5.74) is -0.271. The van der Waals surface area contributed by atoms with E-state index in [2.05, 4.69) is 9.97 Å². The lowest BCUT2D eigenvalue weighted by Crippen LogP contribution is -2.55. The van der Waals surface area contributed by atoms with Crippen LogP contribution in [0.5, 0.6) is 5.75 Å². The van der Waals surface area contributed by atoms with Gasteiger partial charge in [-0.1, -0.05) is 0 Å². The zero-order chi connectivity index (χ0) is 23.3. The lowest BCUT2D eigenvalue weighted by atomic mass is 10.1. The molecule has 2 aromatic heterocycles. The number of hydrogen-bond donors (Lipinski definition) is 0. The summed E-state index contributed by atoms with van der Waals surface area (Å²) in [7, 11) is 0. The van der Waals surface area contributed by atoms with Gasteiger partial charge in [0.05, 0.1) is 6.20 Å². The van der Waals surface area contributed by atoms with Crippen molar-refractivity contribution >= 4 is 29.7 Å². The van der Waals surface area contributed by atoms with Gasteiger partial charge in [0.2, 0.25) is 0 Å². The Kier molecular flexibility index (Phi) is 7.62. The summed E-state index contributed by atoms with van der Waals surface area (Å²) in [6.07, 6.45) is 1.32. The number of carbonyl (C=O) groups is 3. The van der Waals surface area contributed by atoms with Crippen LogP contribution in [0, 0.1) is 5.82 Å². The summed E-state index contributed by atoms with van der Waals surface area (Å²) < 4.78 is 36.4. The molecule has 0 spiro atoms. The fourth-order valence-corrected chi connectivity index (χ4v) is 4.36. The molecule has 0 bridgehead atoms. The van der Waals surface area contributed by atoms with Gasteiger partial charge in [-0.2, -0.15) is 0 Å². The topological polar surface area (TPSA) is 114 Å². The second-order valence-corrected chi connectivity index (χ2v) is 7.99. The maximum atomic E-state index is 14.7. The lowest BCUT2D eigenvalue weighted by Gasteiger charge is -2.39. The predicted molar refractivity (Wildman–Crippen MR) is 111 cm³/mol. The van der Waals surface area contributed by atoms with Crippen LogP contribution in [0.1, 0.15) is 20.8 Å². The minimum absolute atomic E-state index is 0.0808. The van der Waals surface area contributed by atoms with Crippen molar-refractivity contribution in [2.24, 2.45) is 0 Å². The normalized spacial score (nSPS) is 22.5. The van der Waals surface area contributed by atoms with Crippen LogP contribution in [-0.2, 0) is 28.6 Å². The predicted octanol–water partition coefficient (Wildman–Crippen LogP) is 2.53. The Labute approximate surface area is 187 Å². The Morgan fingerprint density at radius 3 is 2.31 bits per heavy atom. The second-order valence-electron chi connectivity index (χ2n) is 6.86. The van der Waals surface area contributed by atoms with Crippen LogP contribution in [-0.4, -0.2) is 57.4 Å². The van der Waals surface area contributed by atoms with Gasteiger partial charge in [0.25, 0.3) is 0 Å². The van der Waals surface area contributed by atoms with Crippen molar-refractivity contribution < 1.29 is 37.7 Å². The number of esters is 3. The van der Waals surface area contributed by atoms with E-state index in [-0.39, 0.29) is 17.2 Å². The van der Waals surface area contributed by atoms with Crippen molar-refractivity contribution in [3.05, 3.63) is 42.6 Å². The third-order valence-electron chi connectivity index (χ3n) is 4.31. The van der Waals surface area contributed by atoms with Gasteiger partial charge >= 0.3 is 17.9 Å². The molecule has 1 aliphatic rings. The average Bonchev–Trinajstić information content (AvgIpc) is 2.72. The SMILES string of the molecule is CC(=O)O[C@H]1[C@H](OC(C)=O)CSC(Oc2cnc(-c3cccnc3)c(F)c2)[C@@H]1OC(C)=O. The molecule has 4 atom stereocenters. The Balaban J connectivity index is 1.85. The number of pyridine rings is 2. The fourth-order valence-electron chi connectivity index (χ4n) is 3.14. The molecular formula is C21H21FN2O7S. The molecule has 0 amide bonds. The Hall–Kier alpha value is -3.21. The van der Waals surface area contributed by atoms with Gasteiger partial charge in [0.15, 0.2) is 29.6 Å². The fraction of sp³-hybridized carbons (Fsp3) is 0.381. The van der Waals surface area contributed by atoms with Crippen molar-refractivity contribution in [3.8, 4) is 17.0 Å². The van der Waals surface area contributed by atoms with E-state index in [1.54, 1.807) is 18.3 Å². The standard InChI is InChI=1S/C21H21FN2O7S/c1-11(25)28-17-10-32-21(20(30-13(3)27)19(17)29-12(2)26)31-15-7-16(22)18(24-9-15)14-5-4-6-23-8-14/h4-9,17,19-21H,10H2,1-3H3/t17-,19+,20-,21?/m1/s1. The van der Waals surface area contributed by atoms with E-state index in [1.165, 1.54) is 44.9 Å². The van der Waals surface area contributed by atoms with Crippen molar-refractivity contribution in [1.29, 1.82) is 0 Å². The molecule has 0 saturated carbocycles. The van der Waals surface area contributed by atoms with Crippen LogP contribution in [0.4, 0.5) is 4.39 Å². The summed E-state index contributed by atoms with van der Waals surface area (Å²) >= 11 is 1.17. The van der Waals surface area contributed by atoms with Crippen LogP contribution in [0.25, 0.3) is 11.3 Å². The van der Waals surface area contributed by atoms with Gasteiger partial charge in [0.1, 0.15) is 11.4 Å². The summed E-state index contributed by atoms with van der Waals surface area (Å²) in [6, 6.07) is 4.49. The summed E-state index contributed by atoms with van der Waals surface area (Å²) in [6.45, 7) is 3.59. The smallest absolute Gasteiger partial charge is 0.303 e. The van der Waals surface area contributed by atoms with E-state index < -0.39 is 47.5 Å². The first kappa shape index (κ1) is 23.5. The molecule has 9 nitrogen and oxygen atoms in total. The van der Waals surface area contributed by atoms with Gasteiger partial charge < -0.3 is 18.9 Å². The van der Waals surface area contributed by atoms with Gasteiger partial charge in [-0.05, 0) is 12.1 Å². The van der Waals surface area contributed by atoms with Crippen molar-refractivity contribution in [2.45, 2.75) is 44.5 Å². The minimum atomic E-state index is -1.11. The molecule has 0 radical (unpaired) electrons. The van der Waals surface area contributed by atoms with Gasteiger partial charge in [-0.3, -0.25) is 19.4 Å². The highest BCUT2D eigenvalue weighted by Gasteiger charge is 2.47. The zero-order valence-corrected chi connectivity index (χ0v) is 18.3. The molecule has 11 heteroatoms. The maximum absolute atomic E-state index is 14.7. The number of carbonyl (C=O) groups excluding carboxylic acids is 3. The molecule has 1 saturated heterocycles. The zero-order valence-electron chi connectivity index (χ0n) is 17.5. The van der Waals surface area contributed by atoms with Crippen LogP contribution >= 0.6 is 11.8 Å². The number of hydrogen-bond acceptors (Lipinski definition) is 10. The number of thioether (sulfide) groups is 1. The summed E-state index contributed by atoms with van der Waals surface area (Å²) in [5.74, 6) is -2.23. The van der Waals surface area contributed by atoms with Crippen LogP contribution in [0.2, 0.25) is 0 Å². The third kappa shape index (κ3) is 5.94. The van der Waals surface area contributed by atoms with Gasteiger partial charge in [0, 0.05) is 50.5 Å². The summed E-state index contributed by atoms with van der Waals surface area (Å²) in [4.78, 5) is 42.9. The van der Waals surface area contributed by atoms with Gasteiger partial charge in [-0.15, -0.1) is 11.8 Å². The monoisotopic (exact) mass is 464 g/mol. The third-order valence-corrected chi connectivity index (χ3v) is 5.52. The van der Waals surface area contributed by atoms with E-state index in [0.29, 0.717) is 5.56 Å². The highest BCUT2D eigenvalue weighted by molar-refractivity contribution is 7.99. The molecule has 3 rings (SSSR count). The van der Waals surface area contributed by atoms with Crippen molar-refractivity contribution in [2.75, 3.05) is 5.75 Å². The highest BCUT2D eigenvalue weighted by Crippen LogP contribution is 2.34. The van der Waals surface area contributed by atoms with E-state index in [4.69, 9.17) is 18.9 Å². The first-order chi connectivity index (χ1) is 15.2. The van der Waals surface area contributed by atoms with E-state index in [1.807, 2.05) is 0 Å². The highest BCUT2D eigenvalue weighted by atomic mass is 32.2. The van der Waals surface area contributed by atoms with Crippen molar-refractivity contribution in [1.82, 2.24) is 9.97 Å². The Morgan fingerprint density at radius 2 is 1.72 bits per heavy atom. The molecule has 0 aliphatic carbocycles. The molecule has 32 heavy (non-hydrogen) atoms. The summed E-state index contributed by atoms with van der Waals surface area (Å²) in [5, 5.41) is 0. The molecule has 3 heterocycles. The number of halogens is 1. The molecule has 0 aromatic carbocycles. The number of nitrogens with zero attached hydrogens (tertiary/aromatic N) is 2. The first-order valence-corrected chi connectivity index (χ1v) is 10.7. The Morgan fingerprint density at radius 1 is 1.03 bits per heavy atom. The largest absolute Gasteiger partial charge is 0.474 e. The van der Waals surface area contributed by atoms with E-state index in [0.717, 1.165) is 6.07 Å². The lowest BCUT2D eigenvalue weighted by molar-refractivity contribution is -0.186. The molecule has 170 valence electrons. The quantitative estimate of drug-likeness (QED) is 0.467. The molecule has 1 aliphatic heterocycles. The molecular weight excluding hydrogens is 443 g/mol. The number of ether oxygens (including phenoxy) is 4. The molecule has 0 N–H and O–H groups in total. The van der Waals surface area contributed by atoms with Crippen molar-refractivity contribution in [3.63, 3.8) is 0 Å². The van der Waals surface area contributed by atoms with Crippen LogP contribution < -0.4 is 4.74 Å². The minimum Gasteiger partial charge on any atom is -0.474 e. The average molecular weight is 464 g/mol.